The number of nitrogens with zero attached hydrogens (tertiary/aromatic N) is 2. The van der Waals surface area contributed by atoms with Crippen molar-refractivity contribution < 1.29 is 14.3 Å². The van der Waals surface area contributed by atoms with E-state index >= 15 is 0 Å². The minimum Gasteiger partial charge on any atom is -0.544 e. The van der Waals surface area contributed by atoms with Gasteiger partial charge in [-0.3, -0.25) is 0 Å². The molecular weight excluding hydrogens is 404 g/mol. The number of rotatable bonds is 7. The number of aromatic nitrogens is 2. The van der Waals surface area contributed by atoms with E-state index in [2.05, 4.69) is 51.0 Å². The molecule has 1 heterocycles. The zero-order valence-electron chi connectivity index (χ0n) is 19.6. The van der Waals surface area contributed by atoms with E-state index in [1.54, 1.807) is 13.4 Å². The van der Waals surface area contributed by atoms with Crippen molar-refractivity contribution in [2.24, 2.45) is 7.05 Å². The maximum atomic E-state index is 10.9. The molecule has 1 unspecified atom stereocenters. The number of hydrogen-bond donors (Lipinski definition) is 1. The number of hydrogen-bond acceptors (Lipinski definition) is 4. The molecule has 0 aliphatic carbocycles. The molecular formula is C25H34N2O3Si. The third-order valence-electron chi connectivity index (χ3n) is 6.26. The van der Waals surface area contributed by atoms with Crippen molar-refractivity contribution >= 4 is 8.32 Å². The third-order valence-corrected chi connectivity index (χ3v) is 10.6. The summed E-state index contributed by atoms with van der Waals surface area (Å²) in [6, 6.07) is 15.7. The van der Waals surface area contributed by atoms with Crippen LogP contribution in [0.4, 0.5) is 0 Å². The molecule has 0 fully saturated rings. The second kappa shape index (κ2) is 8.89. The first kappa shape index (κ1) is 23.1. The van der Waals surface area contributed by atoms with Crippen molar-refractivity contribution in [2.75, 3.05) is 7.11 Å². The number of aryl methyl sites for hydroxylation is 1. The molecule has 2 aromatic carbocycles. The molecule has 0 saturated heterocycles. The summed E-state index contributed by atoms with van der Waals surface area (Å²) in [7, 11) is 1.73. The van der Waals surface area contributed by atoms with Crippen LogP contribution in [-0.4, -0.2) is 30.1 Å². The molecule has 3 aromatic rings. The van der Waals surface area contributed by atoms with Crippen molar-refractivity contribution in [3.05, 3.63) is 77.4 Å². The number of methoxy groups -OCH3 is 1. The fourth-order valence-corrected chi connectivity index (χ4v) is 4.21. The van der Waals surface area contributed by atoms with Crippen molar-refractivity contribution in [1.82, 2.24) is 9.55 Å². The minimum absolute atomic E-state index is 0.160. The SMILES string of the molecule is COc1ccc(C(O)c2ncn(C)c2Cc2ccc(O[Si](C)(C)C(C)(C)C)cc2)cc1. The molecule has 1 N–H and O–H groups in total. The molecule has 166 valence electrons. The topological polar surface area (TPSA) is 56.5 Å². The molecule has 1 aromatic heterocycles. The van der Waals surface area contributed by atoms with Crippen LogP contribution >= 0.6 is 0 Å². The van der Waals surface area contributed by atoms with Gasteiger partial charge in [0, 0.05) is 19.2 Å². The Hall–Kier alpha value is -2.57. The lowest BCUT2D eigenvalue weighted by Gasteiger charge is -2.36. The molecule has 0 saturated carbocycles. The zero-order chi connectivity index (χ0) is 22.8. The van der Waals surface area contributed by atoms with Gasteiger partial charge in [-0.1, -0.05) is 45.0 Å². The largest absolute Gasteiger partial charge is 0.544 e. The average Bonchev–Trinajstić information content (AvgIpc) is 3.08. The Morgan fingerprint density at radius 2 is 1.58 bits per heavy atom. The molecule has 1 atom stereocenters. The van der Waals surface area contributed by atoms with E-state index in [0.29, 0.717) is 12.1 Å². The highest BCUT2D eigenvalue weighted by Gasteiger charge is 2.38. The van der Waals surface area contributed by atoms with E-state index in [1.165, 1.54) is 0 Å². The van der Waals surface area contributed by atoms with Gasteiger partial charge in [-0.2, -0.15) is 0 Å². The molecule has 5 nitrogen and oxygen atoms in total. The summed E-state index contributed by atoms with van der Waals surface area (Å²) in [5.74, 6) is 1.68. The van der Waals surface area contributed by atoms with Crippen LogP contribution in [0.15, 0.2) is 54.9 Å². The number of aliphatic hydroxyl groups is 1. The molecule has 3 rings (SSSR count). The number of benzene rings is 2. The Morgan fingerprint density at radius 1 is 1.00 bits per heavy atom. The monoisotopic (exact) mass is 438 g/mol. The second-order valence-corrected chi connectivity index (χ2v) is 14.3. The second-order valence-electron chi connectivity index (χ2n) is 9.55. The van der Waals surface area contributed by atoms with E-state index in [-0.39, 0.29) is 5.04 Å². The van der Waals surface area contributed by atoms with Crippen LogP contribution in [-0.2, 0) is 13.5 Å². The highest BCUT2D eigenvalue weighted by molar-refractivity contribution is 6.74. The molecule has 0 radical (unpaired) electrons. The van der Waals surface area contributed by atoms with Gasteiger partial charge in [-0.15, -0.1) is 0 Å². The smallest absolute Gasteiger partial charge is 0.250 e. The number of aliphatic hydroxyl groups excluding tert-OH is 1. The fraction of sp³-hybridized carbons (Fsp3) is 0.400. The molecule has 0 aliphatic heterocycles. The summed E-state index contributed by atoms with van der Waals surface area (Å²) in [5.41, 5.74) is 3.60. The zero-order valence-corrected chi connectivity index (χ0v) is 20.6. The predicted molar refractivity (Wildman–Crippen MR) is 127 cm³/mol. The van der Waals surface area contributed by atoms with Crippen molar-refractivity contribution in [3.8, 4) is 11.5 Å². The first-order chi connectivity index (χ1) is 14.5. The molecule has 31 heavy (non-hydrogen) atoms. The van der Waals surface area contributed by atoms with Crippen LogP contribution in [0.25, 0.3) is 0 Å². The Labute approximate surface area is 186 Å². The van der Waals surface area contributed by atoms with Gasteiger partial charge in [0.05, 0.1) is 19.1 Å². The minimum atomic E-state index is -1.86. The van der Waals surface area contributed by atoms with Crippen LogP contribution in [0.5, 0.6) is 11.5 Å². The van der Waals surface area contributed by atoms with Gasteiger partial charge >= 0.3 is 0 Å². The Kier molecular flexibility index (Phi) is 6.62. The molecule has 0 bridgehead atoms. The summed E-state index contributed by atoms with van der Waals surface area (Å²) >= 11 is 0. The summed E-state index contributed by atoms with van der Waals surface area (Å²) in [6.45, 7) is 11.2. The van der Waals surface area contributed by atoms with Gasteiger partial charge in [0.1, 0.15) is 17.6 Å². The van der Waals surface area contributed by atoms with Gasteiger partial charge in [-0.05, 0) is 53.5 Å². The Morgan fingerprint density at radius 3 is 2.13 bits per heavy atom. The van der Waals surface area contributed by atoms with E-state index in [9.17, 15) is 5.11 Å². The van der Waals surface area contributed by atoms with E-state index in [0.717, 1.165) is 28.3 Å². The van der Waals surface area contributed by atoms with Crippen molar-refractivity contribution in [1.29, 1.82) is 0 Å². The van der Waals surface area contributed by atoms with Crippen molar-refractivity contribution in [3.63, 3.8) is 0 Å². The van der Waals surface area contributed by atoms with E-state index in [1.807, 2.05) is 48.0 Å². The van der Waals surface area contributed by atoms with Crippen LogP contribution in [0.1, 0.15) is 49.4 Å². The highest BCUT2D eigenvalue weighted by Crippen LogP contribution is 2.37. The Balaban J connectivity index is 1.78. The Bertz CT molecular complexity index is 1000. The fourth-order valence-electron chi connectivity index (χ4n) is 3.18. The van der Waals surface area contributed by atoms with Crippen LogP contribution in [0.2, 0.25) is 18.1 Å². The summed E-state index contributed by atoms with van der Waals surface area (Å²) in [4.78, 5) is 4.49. The molecule has 0 spiro atoms. The summed E-state index contributed by atoms with van der Waals surface area (Å²) in [5, 5.41) is 11.1. The van der Waals surface area contributed by atoms with E-state index < -0.39 is 14.4 Å². The van der Waals surface area contributed by atoms with Crippen LogP contribution < -0.4 is 9.16 Å². The highest BCUT2D eigenvalue weighted by atomic mass is 28.4. The molecule has 6 heteroatoms. The van der Waals surface area contributed by atoms with Gasteiger partial charge in [0.25, 0.3) is 0 Å². The van der Waals surface area contributed by atoms with E-state index in [4.69, 9.17) is 9.16 Å². The average molecular weight is 439 g/mol. The van der Waals surface area contributed by atoms with Gasteiger partial charge < -0.3 is 18.8 Å². The quantitative estimate of drug-likeness (QED) is 0.496. The van der Waals surface area contributed by atoms with Gasteiger partial charge in [-0.25, -0.2) is 4.98 Å². The maximum Gasteiger partial charge on any atom is 0.250 e. The van der Waals surface area contributed by atoms with Crippen molar-refractivity contribution in [2.45, 2.75) is 51.4 Å². The van der Waals surface area contributed by atoms with Gasteiger partial charge in [0.2, 0.25) is 8.32 Å². The summed E-state index contributed by atoms with van der Waals surface area (Å²) in [6.07, 6.45) is 1.65. The summed E-state index contributed by atoms with van der Waals surface area (Å²) < 4.78 is 13.6. The number of imidazole rings is 1. The van der Waals surface area contributed by atoms with Crippen LogP contribution in [0.3, 0.4) is 0 Å². The lowest BCUT2D eigenvalue weighted by atomic mass is 10.0. The lowest BCUT2D eigenvalue weighted by Crippen LogP contribution is -2.43. The standard InChI is InChI=1S/C25H34N2O3Si/c1-25(2,3)31(6,7)30-21-12-8-18(9-13-21)16-22-23(26-17-27(22)4)24(28)19-10-14-20(29-5)15-11-19/h8-15,17,24,28H,16H2,1-7H3. The molecule has 0 amide bonds. The molecule has 0 aliphatic rings. The lowest BCUT2D eigenvalue weighted by molar-refractivity contribution is 0.214. The number of ether oxygens (including phenoxy) is 1. The van der Waals surface area contributed by atoms with Crippen LogP contribution in [0, 0.1) is 0 Å². The third kappa shape index (κ3) is 5.19. The van der Waals surface area contributed by atoms with Gasteiger partial charge in [0.15, 0.2) is 0 Å². The predicted octanol–water partition coefficient (Wildman–Crippen LogP) is 5.49. The first-order valence-corrected chi connectivity index (χ1v) is 13.5. The maximum absolute atomic E-state index is 10.9. The normalized spacial score (nSPS) is 13.2. The first-order valence-electron chi connectivity index (χ1n) is 10.6.